The second-order valence-electron chi connectivity index (χ2n) is 6.51. The molecule has 0 spiro atoms. The predicted molar refractivity (Wildman–Crippen MR) is 103 cm³/mol. The number of ether oxygens (including phenoxy) is 2. The van der Waals surface area contributed by atoms with Gasteiger partial charge in [0.05, 0.1) is 30.7 Å². The molecule has 1 atom stereocenters. The maximum absolute atomic E-state index is 13.8. The van der Waals surface area contributed by atoms with E-state index in [0.717, 1.165) is 29.1 Å². The molecule has 2 aromatic carbocycles. The molecule has 1 aliphatic heterocycles. The van der Waals surface area contributed by atoms with E-state index in [1.165, 1.54) is 7.11 Å². The number of hydrogen-bond donors (Lipinski definition) is 3. The average molecular weight is 414 g/mol. The number of halogens is 4. The number of nitrogens with one attached hydrogen (secondary N) is 3. The Hall–Kier alpha value is -2.72. The fraction of sp³-hybridized carbons (Fsp3) is 0.368. The van der Waals surface area contributed by atoms with E-state index in [1.54, 1.807) is 7.11 Å². The third-order valence-electron chi connectivity index (χ3n) is 4.62. The molecule has 3 N–H and O–H groups in total. The smallest absolute Gasteiger partial charge is 0.419 e. The lowest BCUT2D eigenvalue weighted by molar-refractivity contribution is -0.139. The molecule has 1 aliphatic rings. The molecule has 0 aliphatic carbocycles. The van der Waals surface area contributed by atoms with Gasteiger partial charge in [-0.2, -0.15) is 13.2 Å². The number of fused-ring (bicyclic) bond motifs is 1. The number of methoxy groups -OCH3 is 2. The number of hydrogen-bond acceptors (Lipinski definition) is 6. The molecule has 1 heterocycles. The highest BCUT2D eigenvalue weighted by atomic mass is 19.4. The second kappa shape index (κ2) is 8.34. The van der Waals surface area contributed by atoms with Gasteiger partial charge < -0.3 is 25.0 Å². The van der Waals surface area contributed by atoms with E-state index in [2.05, 4.69) is 16.0 Å². The van der Waals surface area contributed by atoms with Crippen molar-refractivity contribution in [3.05, 3.63) is 47.3 Å². The minimum atomic E-state index is -4.74. The molecule has 0 amide bonds. The summed E-state index contributed by atoms with van der Waals surface area (Å²) >= 11 is 0. The first-order valence-corrected chi connectivity index (χ1v) is 8.79. The van der Waals surface area contributed by atoms with Crippen LogP contribution in [-0.4, -0.2) is 34.3 Å². The predicted octanol–water partition coefficient (Wildman–Crippen LogP) is 3.80. The second-order valence-corrected chi connectivity index (χ2v) is 6.51. The molecule has 158 valence electrons. The molecule has 0 aromatic heterocycles. The highest BCUT2D eigenvalue weighted by molar-refractivity contribution is 5.80. The van der Waals surface area contributed by atoms with Crippen LogP contribution in [0, 0.1) is 5.82 Å². The van der Waals surface area contributed by atoms with E-state index in [0.29, 0.717) is 25.0 Å². The molecule has 29 heavy (non-hydrogen) atoms. The van der Waals surface area contributed by atoms with Crippen LogP contribution in [0.25, 0.3) is 0 Å². The summed E-state index contributed by atoms with van der Waals surface area (Å²) in [5, 5.41) is 9.20. The fourth-order valence-corrected chi connectivity index (χ4v) is 3.22. The van der Waals surface area contributed by atoms with Crippen molar-refractivity contribution in [1.29, 1.82) is 0 Å². The lowest BCUT2D eigenvalue weighted by atomic mass is 10.1. The summed E-state index contributed by atoms with van der Waals surface area (Å²) in [5.74, 6) is -0.671. The Bertz CT molecular complexity index is 876. The molecule has 0 saturated carbocycles. The third-order valence-corrected chi connectivity index (χ3v) is 4.62. The molecule has 10 heteroatoms. The Balaban J connectivity index is 1.74. The first-order chi connectivity index (χ1) is 13.7. The van der Waals surface area contributed by atoms with E-state index in [-0.39, 0.29) is 5.69 Å². The van der Waals surface area contributed by atoms with E-state index in [9.17, 15) is 17.6 Å². The van der Waals surface area contributed by atoms with E-state index < -0.39 is 23.9 Å². The largest absolute Gasteiger partial charge is 0.496 e. The van der Waals surface area contributed by atoms with Gasteiger partial charge in [-0.3, -0.25) is 5.32 Å². The SMILES string of the molecule is COc1ccc2c(c1CNC(Nc1ccc(C(F)(F)F)c(F)c1)OC)N(C)CN2. The minimum Gasteiger partial charge on any atom is -0.496 e. The number of alkyl halides is 3. The van der Waals surface area contributed by atoms with E-state index in [1.807, 2.05) is 24.1 Å². The Morgan fingerprint density at radius 1 is 1.21 bits per heavy atom. The van der Waals surface area contributed by atoms with Crippen molar-refractivity contribution in [3.8, 4) is 5.75 Å². The van der Waals surface area contributed by atoms with Gasteiger partial charge in [-0.05, 0) is 30.3 Å². The van der Waals surface area contributed by atoms with Crippen molar-refractivity contribution in [1.82, 2.24) is 5.32 Å². The van der Waals surface area contributed by atoms with Crippen LogP contribution >= 0.6 is 0 Å². The van der Waals surface area contributed by atoms with Crippen LogP contribution in [0.1, 0.15) is 11.1 Å². The topological polar surface area (TPSA) is 57.8 Å². The summed E-state index contributed by atoms with van der Waals surface area (Å²) in [6.45, 7) is 0.999. The zero-order valence-electron chi connectivity index (χ0n) is 16.2. The van der Waals surface area contributed by atoms with Gasteiger partial charge in [-0.25, -0.2) is 4.39 Å². The van der Waals surface area contributed by atoms with Gasteiger partial charge in [0.1, 0.15) is 11.6 Å². The maximum Gasteiger partial charge on any atom is 0.419 e. The summed E-state index contributed by atoms with van der Waals surface area (Å²) in [4.78, 5) is 2.04. The summed E-state index contributed by atoms with van der Waals surface area (Å²) in [6.07, 6.45) is -5.52. The molecule has 6 nitrogen and oxygen atoms in total. The Morgan fingerprint density at radius 3 is 2.59 bits per heavy atom. The number of nitrogens with zero attached hydrogens (tertiary/aromatic N) is 1. The molecule has 0 bridgehead atoms. The van der Waals surface area contributed by atoms with Crippen molar-refractivity contribution in [3.63, 3.8) is 0 Å². The Labute approximate surface area is 165 Å². The van der Waals surface area contributed by atoms with Gasteiger partial charge in [0, 0.05) is 32.0 Å². The minimum absolute atomic E-state index is 0.152. The molecule has 0 fully saturated rings. The highest BCUT2D eigenvalue weighted by Gasteiger charge is 2.34. The quantitative estimate of drug-likeness (QED) is 0.473. The summed E-state index contributed by atoms with van der Waals surface area (Å²) in [5.41, 5.74) is 1.67. The van der Waals surface area contributed by atoms with Crippen molar-refractivity contribution in [2.24, 2.45) is 0 Å². The molecular formula is C19H22F4N4O2. The molecule has 1 unspecified atom stereocenters. The van der Waals surface area contributed by atoms with Crippen molar-refractivity contribution < 1.29 is 27.0 Å². The number of benzene rings is 2. The lowest BCUT2D eigenvalue weighted by Gasteiger charge is -2.23. The Morgan fingerprint density at radius 2 is 1.97 bits per heavy atom. The Kier molecular flexibility index (Phi) is 6.04. The zero-order chi connectivity index (χ0) is 21.2. The first-order valence-electron chi connectivity index (χ1n) is 8.79. The van der Waals surface area contributed by atoms with Crippen LogP contribution in [0.15, 0.2) is 30.3 Å². The normalized spacial score (nSPS) is 14.4. The molecule has 3 rings (SSSR count). The van der Waals surface area contributed by atoms with Crippen LogP contribution in [0.2, 0.25) is 0 Å². The number of rotatable bonds is 7. The average Bonchev–Trinajstić information content (AvgIpc) is 3.05. The standard InChI is InChI=1S/C19H22F4N4O2/c1-27-10-25-15-6-7-16(28-2)12(17(15)27)9-24-18(29-3)26-11-4-5-13(14(20)8-11)19(21,22)23/h4-8,18,24-26H,9-10H2,1-3H3. The van der Waals surface area contributed by atoms with Crippen LogP contribution in [0.4, 0.5) is 34.6 Å². The number of anilines is 3. The van der Waals surface area contributed by atoms with Crippen LogP contribution in [0.3, 0.4) is 0 Å². The van der Waals surface area contributed by atoms with Gasteiger partial charge in [0.25, 0.3) is 0 Å². The molecule has 2 aromatic rings. The van der Waals surface area contributed by atoms with Gasteiger partial charge >= 0.3 is 6.18 Å². The monoisotopic (exact) mass is 414 g/mol. The van der Waals surface area contributed by atoms with Crippen LogP contribution in [0.5, 0.6) is 5.75 Å². The summed E-state index contributed by atoms with van der Waals surface area (Å²) in [6, 6.07) is 6.41. The maximum atomic E-state index is 13.8. The molecular weight excluding hydrogens is 392 g/mol. The zero-order valence-corrected chi connectivity index (χ0v) is 16.2. The molecule has 0 radical (unpaired) electrons. The highest BCUT2D eigenvalue weighted by Crippen LogP contribution is 2.39. The van der Waals surface area contributed by atoms with Crippen LogP contribution < -0.4 is 25.6 Å². The van der Waals surface area contributed by atoms with Gasteiger partial charge in [0.2, 0.25) is 0 Å². The third kappa shape index (κ3) is 4.48. The van der Waals surface area contributed by atoms with Gasteiger partial charge in [0.15, 0.2) is 6.35 Å². The van der Waals surface area contributed by atoms with Crippen molar-refractivity contribution in [2.45, 2.75) is 19.1 Å². The van der Waals surface area contributed by atoms with E-state index in [4.69, 9.17) is 9.47 Å². The van der Waals surface area contributed by atoms with E-state index >= 15 is 0 Å². The first kappa shape index (κ1) is 21.0. The van der Waals surface area contributed by atoms with Crippen LogP contribution in [-0.2, 0) is 17.5 Å². The van der Waals surface area contributed by atoms with Gasteiger partial charge in [-0.15, -0.1) is 0 Å². The van der Waals surface area contributed by atoms with Gasteiger partial charge in [-0.1, -0.05) is 0 Å². The summed E-state index contributed by atoms with van der Waals surface area (Å²) < 4.78 is 62.7. The molecule has 0 saturated heterocycles. The summed E-state index contributed by atoms with van der Waals surface area (Å²) in [7, 11) is 4.94. The van der Waals surface area contributed by atoms with Crippen molar-refractivity contribution in [2.75, 3.05) is 43.5 Å². The fourth-order valence-electron chi connectivity index (χ4n) is 3.22. The lowest BCUT2D eigenvalue weighted by Crippen LogP contribution is -2.37. The van der Waals surface area contributed by atoms with Crippen molar-refractivity contribution >= 4 is 17.1 Å².